The van der Waals surface area contributed by atoms with E-state index in [0.717, 1.165) is 0 Å². The summed E-state index contributed by atoms with van der Waals surface area (Å²) in [6.07, 6.45) is 1.42. The fraction of sp³-hybridized carbons (Fsp3) is 0.706. The third kappa shape index (κ3) is 11.7. The Morgan fingerprint density at radius 1 is 0.900 bits per heavy atom. The van der Waals surface area contributed by atoms with Crippen LogP contribution in [0.15, 0.2) is 0 Å². The number of unbranched alkanes of at least 4 members (excludes halogenated alkanes) is 1. The molecule has 0 aromatic carbocycles. The number of hydrogen-bond acceptors (Lipinski definition) is 7. The van der Waals surface area contributed by atoms with Crippen LogP contribution in [0.4, 0.5) is 0 Å². The maximum atomic E-state index is 12.3. The number of aliphatic carboxylic acids is 1. The van der Waals surface area contributed by atoms with Gasteiger partial charge in [-0.3, -0.25) is 0 Å². The van der Waals surface area contributed by atoms with E-state index in [1.54, 1.807) is 0 Å². The van der Waals surface area contributed by atoms with E-state index in [0.29, 0.717) is 49.4 Å². The van der Waals surface area contributed by atoms with E-state index in [4.69, 9.17) is 5.73 Å². The molecular weight excluding hydrogens is 607 g/mol. The van der Waals surface area contributed by atoms with Crippen molar-refractivity contribution in [3.8, 4) is 0 Å². The molecule has 0 aromatic heterocycles. The van der Waals surface area contributed by atoms with E-state index in [1.165, 1.54) is 29.1 Å². The first-order chi connectivity index (χ1) is 14.0. The monoisotopic (exact) mass is 637 g/mol. The van der Waals surface area contributed by atoms with Crippen LogP contribution in [0.3, 0.4) is 0 Å². The second kappa shape index (κ2) is 15.4. The van der Waals surface area contributed by atoms with Crippen LogP contribution in [-0.2, 0) is 24.0 Å². The molecule has 11 nitrogen and oxygen atoms in total. The Bertz CT molecular complexity index is 623. The second-order valence-electron chi connectivity index (χ2n) is 6.73. The van der Waals surface area contributed by atoms with Gasteiger partial charge in [-0.15, -0.1) is 0 Å². The van der Waals surface area contributed by atoms with Crippen molar-refractivity contribution in [2.75, 3.05) is 12.3 Å². The summed E-state index contributed by atoms with van der Waals surface area (Å²) < 4.78 is 0. The van der Waals surface area contributed by atoms with Gasteiger partial charge in [-0.25, -0.2) is 4.79 Å². The molecule has 0 spiro atoms. The minimum absolute atomic E-state index is 0.231. The Morgan fingerprint density at radius 2 is 1.43 bits per heavy atom. The number of hydrogen-bond donors (Lipinski definition) is 6. The first-order valence-corrected chi connectivity index (χ1v) is 16.0. The Morgan fingerprint density at radius 3 is 1.90 bits per heavy atom. The van der Waals surface area contributed by atoms with Gasteiger partial charge in [-0.2, -0.15) is 0 Å². The fourth-order valence-corrected chi connectivity index (χ4v) is 5.03. The summed E-state index contributed by atoms with van der Waals surface area (Å²) in [6, 6.07) is -3.78. The summed E-state index contributed by atoms with van der Waals surface area (Å²) in [7, 11) is 1.53. The molecule has 0 aliphatic heterocycles. The van der Waals surface area contributed by atoms with Crippen molar-refractivity contribution in [2.45, 2.75) is 64.2 Å². The molecule has 7 N–H and O–H groups in total. The summed E-state index contributed by atoms with van der Waals surface area (Å²) in [4.78, 5) is 59.4. The molecule has 0 fully saturated rings. The van der Waals surface area contributed by atoms with Gasteiger partial charge in [0.1, 0.15) is 0 Å². The summed E-state index contributed by atoms with van der Waals surface area (Å²) in [5.41, 5.74) is 5.38. The molecule has 4 atom stereocenters. The van der Waals surface area contributed by atoms with E-state index in [1.807, 2.05) is 0 Å². The first-order valence-electron chi connectivity index (χ1n) is 9.46. The van der Waals surface area contributed by atoms with E-state index in [-0.39, 0.29) is 12.3 Å². The van der Waals surface area contributed by atoms with Crippen molar-refractivity contribution >= 4 is 62.2 Å². The third-order valence-corrected chi connectivity index (χ3v) is 6.79. The van der Waals surface area contributed by atoms with E-state index >= 15 is 0 Å². The number of carboxylic acid groups (broad SMARTS) is 1. The maximum absolute atomic E-state index is 12.3. The molecule has 0 rings (SSSR count). The van der Waals surface area contributed by atoms with E-state index in [2.05, 4.69) is 21.3 Å². The Labute approximate surface area is 194 Å². The van der Waals surface area contributed by atoms with Crippen molar-refractivity contribution < 1.29 is 29.1 Å². The smallest absolute Gasteiger partial charge is 0.480 e. The van der Waals surface area contributed by atoms with Gasteiger partial charge in [0.05, 0.1) is 0 Å². The molecule has 0 saturated heterocycles. The van der Waals surface area contributed by atoms with Crippen LogP contribution >= 0.6 is 8.31 Å². The molecule has 0 aliphatic rings. The van der Waals surface area contributed by atoms with Gasteiger partial charge in [0.2, 0.25) is 0 Å². The predicted molar refractivity (Wildman–Crippen MR) is 113 cm³/mol. The summed E-state index contributed by atoms with van der Waals surface area (Å²) in [5, 5.41) is 19.1. The van der Waals surface area contributed by atoms with Crippen molar-refractivity contribution in [3.05, 3.63) is 0 Å². The molecule has 0 heterocycles. The molecule has 0 bridgehead atoms. The minimum atomic E-state index is -1.17. The molecule has 168 valence electrons. The van der Waals surface area contributed by atoms with Crippen LogP contribution in [0.5, 0.6) is 0 Å². The fourth-order valence-electron chi connectivity index (χ4n) is 2.35. The van der Waals surface area contributed by atoms with Crippen LogP contribution in [0.2, 0.25) is 0 Å². The zero-order valence-electron chi connectivity index (χ0n) is 17.4. The molecular formula is C17H30N5O6STl. The van der Waals surface area contributed by atoms with Crippen LogP contribution in [0, 0.1) is 0 Å². The molecule has 0 aliphatic carbocycles. The van der Waals surface area contributed by atoms with Crippen LogP contribution < -0.4 is 27.0 Å². The van der Waals surface area contributed by atoms with Crippen molar-refractivity contribution in [2.24, 2.45) is 5.73 Å². The third-order valence-electron chi connectivity index (χ3n) is 4.02. The van der Waals surface area contributed by atoms with Crippen molar-refractivity contribution in [1.82, 2.24) is 21.3 Å². The molecule has 0 saturated carbocycles. The van der Waals surface area contributed by atoms with Gasteiger partial charge in [0.25, 0.3) is 0 Å². The second-order valence-corrected chi connectivity index (χ2v) is 11.3. The number of carboxylic acids is 1. The molecule has 0 radical (unpaired) electrons. The van der Waals surface area contributed by atoms with Gasteiger partial charge < -0.3 is 10.8 Å². The summed E-state index contributed by atoms with van der Waals surface area (Å²) in [5.74, 6) is -2.86. The number of amides is 4. The molecule has 4 amide bonds. The number of rotatable bonds is 14. The average Bonchev–Trinajstić information content (AvgIpc) is 2.66. The Kier molecular flexibility index (Phi) is 14.7. The van der Waals surface area contributed by atoms with Crippen molar-refractivity contribution in [3.63, 3.8) is 0 Å². The molecule has 30 heavy (non-hydrogen) atoms. The number of nitrogens with one attached hydrogen (secondary N) is 4. The van der Waals surface area contributed by atoms with Gasteiger partial charge >= 0.3 is 153 Å². The number of carbonyl (C=O) groups excluding carboxylic acids is 4. The molecule has 0 aromatic rings. The van der Waals surface area contributed by atoms with Gasteiger partial charge in [0, 0.05) is 0 Å². The van der Waals surface area contributed by atoms with E-state index in [9.17, 15) is 29.1 Å². The zero-order valence-corrected chi connectivity index (χ0v) is 22.7. The average molecular weight is 637 g/mol. The molecule has 13 heteroatoms. The van der Waals surface area contributed by atoms with Gasteiger partial charge in [-0.05, 0) is 25.8 Å². The Balaban J connectivity index is 4.73. The number of carbonyl (C=O) groups is 5. The SMILES string of the molecule is CC(=O)NC(C[S][Tl])C(=O)NC(C)C(=O)NC(C)C(=O)NC(CCCCN)C(=O)O. The van der Waals surface area contributed by atoms with Crippen LogP contribution in [0.1, 0.15) is 40.0 Å². The predicted octanol–water partition coefficient (Wildman–Crippen LogP) is -1.98. The molecule has 4 unspecified atom stereocenters. The van der Waals surface area contributed by atoms with Crippen molar-refractivity contribution in [1.29, 1.82) is 0 Å². The van der Waals surface area contributed by atoms with Crippen LogP contribution in [0.25, 0.3) is 0 Å². The summed E-state index contributed by atoms with van der Waals surface area (Å²) in [6.45, 7) is 4.60. The first kappa shape index (κ1) is 28.6. The van der Waals surface area contributed by atoms with Crippen LogP contribution in [-0.4, -0.2) is 95.4 Å². The summed E-state index contributed by atoms with van der Waals surface area (Å²) >= 11 is 0.587. The standard InChI is InChI=1S/C17H31N5O6S.Tl/c1-9(20-16(26)13(8-29)21-11(3)23)14(24)19-10(2)15(25)22-12(17(27)28)6-4-5-7-18;/h9-10,12-13,29H,4-8,18H2,1-3H3,(H,19,24)(H,20,26)(H,21,23)(H,22,25)(H,27,28);/q;+1/p-1. The van der Waals surface area contributed by atoms with Gasteiger partial charge in [0.15, 0.2) is 0 Å². The van der Waals surface area contributed by atoms with Gasteiger partial charge in [-0.1, -0.05) is 0 Å². The Hall–Kier alpha value is -1.42. The topological polar surface area (TPSA) is 180 Å². The normalized spacial score (nSPS) is 14.5. The zero-order chi connectivity index (χ0) is 23.3. The minimum Gasteiger partial charge on any atom is -0.480 e. The quantitative estimate of drug-likeness (QED) is 0.0938. The van der Waals surface area contributed by atoms with E-state index < -0.39 is 47.9 Å². The number of nitrogens with two attached hydrogens (primary N) is 1.